The van der Waals surface area contributed by atoms with Gasteiger partial charge in [0.1, 0.15) is 16.4 Å². The predicted octanol–water partition coefficient (Wildman–Crippen LogP) is 5.38. The number of halogens is 4. The summed E-state index contributed by atoms with van der Waals surface area (Å²) in [7, 11) is -0.796. The van der Waals surface area contributed by atoms with Gasteiger partial charge in [0.05, 0.1) is 4.90 Å². The zero-order valence-corrected chi connectivity index (χ0v) is 23.1. The summed E-state index contributed by atoms with van der Waals surface area (Å²) in [6.07, 6.45) is 3.47. The van der Waals surface area contributed by atoms with Gasteiger partial charge in [0.25, 0.3) is 15.9 Å². The second-order valence-electron chi connectivity index (χ2n) is 9.42. The number of hydrogen-bond donors (Lipinski definition) is 2. The lowest BCUT2D eigenvalue weighted by molar-refractivity contribution is -0.122. The lowest BCUT2D eigenvalue weighted by atomic mass is 9.88. The Labute approximate surface area is 225 Å². The summed E-state index contributed by atoms with van der Waals surface area (Å²) in [6, 6.07) is 6.89. The van der Waals surface area contributed by atoms with Gasteiger partial charge in [-0.2, -0.15) is 0 Å². The van der Waals surface area contributed by atoms with Crippen LogP contribution in [0.15, 0.2) is 46.2 Å². The van der Waals surface area contributed by atoms with Gasteiger partial charge in [-0.1, -0.05) is 19.3 Å². The summed E-state index contributed by atoms with van der Waals surface area (Å²) in [5.41, 5.74) is -0.463. The molecule has 2 aromatic rings. The fraction of sp³-hybridized carbons (Fsp3) is 0.480. The molecule has 0 aromatic heterocycles. The average Bonchev–Trinajstić information content (AvgIpc) is 2.83. The highest BCUT2D eigenvalue weighted by Crippen LogP contribution is 2.35. The van der Waals surface area contributed by atoms with Crippen molar-refractivity contribution < 1.29 is 26.4 Å². The molecule has 0 saturated heterocycles. The Morgan fingerprint density at radius 3 is 2.24 bits per heavy atom. The zero-order valence-electron chi connectivity index (χ0n) is 20.7. The highest BCUT2D eigenvalue weighted by molar-refractivity contribution is 7.99. The molecule has 12 heteroatoms. The SMILES string of the molecule is CN(C)CC[C@H](CSc1ccc(F)cc1)Nc1c(F)cc(S(=O)(=O)NC(=O)C2(Cl)CCCCC2)cc1F. The van der Waals surface area contributed by atoms with Crippen molar-refractivity contribution in [2.24, 2.45) is 0 Å². The number of sulfonamides is 1. The van der Waals surface area contributed by atoms with Crippen molar-refractivity contribution in [1.29, 1.82) is 0 Å². The fourth-order valence-corrected chi connectivity index (χ4v) is 6.41. The molecule has 2 N–H and O–H groups in total. The number of nitrogens with one attached hydrogen (secondary N) is 2. The highest BCUT2D eigenvalue weighted by Gasteiger charge is 2.39. The first-order chi connectivity index (χ1) is 17.4. The second-order valence-corrected chi connectivity index (χ2v) is 12.9. The van der Waals surface area contributed by atoms with Crippen LogP contribution in [0.4, 0.5) is 18.9 Å². The van der Waals surface area contributed by atoms with Crippen LogP contribution in [-0.2, 0) is 14.8 Å². The minimum Gasteiger partial charge on any atom is -0.377 e. The molecular formula is C25H31ClF3N3O3S2. The molecule has 0 bridgehead atoms. The van der Waals surface area contributed by atoms with Crippen molar-refractivity contribution in [2.75, 3.05) is 31.7 Å². The van der Waals surface area contributed by atoms with Crippen molar-refractivity contribution in [3.8, 4) is 0 Å². The largest absolute Gasteiger partial charge is 0.377 e. The van der Waals surface area contributed by atoms with E-state index >= 15 is 8.78 Å². The van der Waals surface area contributed by atoms with E-state index in [2.05, 4.69) is 5.32 Å². The van der Waals surface area contributed by atoms with Crippen LogP contribution in [0.25, 0.3) is 0 Å². The number of nitrogens with zero attached hydrogens (tertiary/aromatic N) is 1. The normalized spacial score (nSPS) is 16.4. The van der Waals surface area contributed by atoms with Crippen molar-refractivity contribution in [2.45, 2.75) is 59.2 Å². The first-order valence-corrected chi connectivity index (χ1v) is 14.8. The molecule has 6 nitrogen and oxygen atoms in total. The van der Waals surface area contributed by atoms with E-state index in [0.717, 1.165) is 11.3 Å². The second kappa shape index (κ2) is 12.7. The topological polar surface area (TPSA) is 78.5 Å². The Hall–Kier alpha value is -1.95. The highest BCUT2D eigenvalue weighted by atomic mass is 35.5. The molecular weight excluding hydrogens is 547 g/mol. The van der Waals surface area contributed by atoms with Crippen LogP contribution in [0.5, 0.6) is 0 Å². The van der Waals surface area contributed by atoms with Gasteiger partial charge in [0.15, 0.2) is 11.6 Å². The van der Waals surface area contributed by atoms with Crippen LogP contribution < -0.4 is 10.0 Å². The molecule has 2 aromatic carbocycles. The number of amides is 1. The van der Waals surface area contributed by atoms with Gasteiger partial charge < -0.3 is 10.2 Å². The first-order valence-electron chi connectivity index (χ1n) is 11.9. The maximum Gasteiger partial charge on any atom is 0.264 e. The molecule has 1 aliphatic carbocycles. The number of carbonyl (C=O) groups excluding carboxylic acids is 1. The average molecular weight is 578 g/mol. The minimum absolute atomic E-state index is 0.325. The lowest BCUT2D eigenvalue weighted by Crippen LogP contribution is -2.46. The Morgan fingerprint density at radius 1 is 1.08 bits per heavy atom. The number of thioether (sulfide) groups is 1. The van der Waals surface area contributed by atoms with Gasteiger partial charge in [0.2, 0.25) is 0 Å². The minimum atomic E-state index is -4.54. The van der Waals surface area contributed by atoms with Gasteiger partial charge in [-0.3, -0.25) is 4.79 Å². The van der Waals surface area contributed by atoms with Gasteiger partial charge in [-0.15, -0.1) is 23.4 Å². The van der Waals surface area contributed by atoms with Crippen LogP contribution in [0.2, 0.25) is 0 Å². The van der Waals surface area contributed by atoms with E-state index in [1.165, 1.54) is 23.9 Å². The monoisotopic (exact) mass is 577 g/mol. The van der Waals surface area contributed by atoms with Gasteiger partial charge >= 0.3 is 0 Å². The molecule has 0 aliphatic heterocycles. The van der Waals surface area contributed by atoms with E-state index in [-0.39, 0.29) is 11.9 Å². The number of anilines is 1. The van der Waals surface area contributed by atoms with E-state index in [1.54, 1.807) is 12.1 Å². The number of alkyl halides is 1. The standard InChI is InChI=1S/C25H31ClF3N3O3S2/c1-32(2)13-10-18(16-36-19-8-6-17(27)7-9-19)30-23-21(28)14-20(15-22(23)29)37(34,35)31-24(33)25(26)11-4-3-5-12-25/h6-9,14-15,18,30H,3-5,10-13,16H2,1-2H3,(H,31,33)/t18-/m1/s1. The Bertz CT molecular complexity index is 1170. The third-order valence-corrected chi connectivity index (χ3v) is 9.18. The molecule has 1 amide bonds. The van der Waals surface area contributed by atoms with Crippen LogP contribution in [0.1, 0.15) is 38.5 Å². The molecule has 0 heterocycles. The third-order valence-electron chi connectivity index (χ3n) is 6.14. The third kappa shape index (κ3) is 8.27. The summed E-state index contributed by atoms with van der Waals surface area (Å²) in [4.78, 5) is 13.2. The summed E-state index contributed by atoms with van der Waals surface area (Å²) in [5, 5.41) is 2.85. The molecule has 0 radical (unpaired) electrons. The molecule has 204 valence electrons. The maximum absolute atomic E-state index is 15.0. The smallest absolute Gasteiger partial charge is 0.264 e. The molecule has 0 unspecified atom stereocenters. The number of carbonyl (C=O) groups is 1. The maximum atomic E-state index is 15.0. The number of hydrogen-bond acceptors (Lipinski definition) is 6. The van der Waals surface area contributed by atoms with Crippen molar-refractivity contribution in [3.05, 3.63) is 53.8 Å². The molecule has 1 fully saturated rings. The van der Waals surface area contributed by atoms with Crippen molar-refractivity contribution >= 4 is 45.0 Å². The number of rotatable bonds is 11. The van der Waals surface area contributed by atoms with Crippen LogP contribution in [-0.4, -0.2) is 56.5 Å². The fourth-order valence-electron chi connectivity index (χ4n) is 4.00. The van der Waals surface area contributed by atoms with Crippen LogP contribution in [0.3, 0.4) is 0 Å². The summed E-state index contributed by atoms with van der Waals surface area (Å²) in [6.45, 7) is 0.629. The van der Waals surface area contributed by atoms with E-state index in [4.69, 9.17) is 11.6 Å². The van der Waals surface area contributed by atoms with Crippen LogP contribution in [0, 0.1) is 17.5 Å². The number of benzene rings is 2. The summed E-state index contributed by atoms with van der Waals surface area (Å²) in [5.74, 6) is -3.03. The van der Waals surface area contributed by atoms with Crippen molar-refractivity contribution in [3.63, 3.8) is 0 Å². The molecule has 0 spiro atoms. The molecule has 37 heavy (non-hydrogen) atoms. The van der Waals surface area contributed by atoms with Crippen molar-refractivity contribution in [1.82, 2.24) is 9.62 Å². The summed E-state index contributed by atoms with van der Waals surface area (Å²) >= 11 is 7.74. The molecule has 3 rings (SSSR count). The zero-order chi connectivity index (χ0) is 27.2. The Morgan fingerprint density at radius 2 is 1.68 bits per heavy atom. The molecule has 1 aliphatic rings. The summed E-state index contributed by atoms with van der Waals surface area (Å²) < 4.78 is 70.6. The van der Waals surface area contributed by atoms with Gasteiger partial charge in [-0.25, -0.2) is 26.3 Å². The van der Waals surface area contributed by atoms with Gasteiger partial charge in [-0.05, 0) is 76.3 Å². The van der Waals surface area contributed by atoms with E-state index in [0.29, 0.717) is 56.5 Å². The molecule has 1 atom stereocenters. The Balaban J connectivity index is 1.75. The van der Waals surface area contributed by atoms with E-state index < -0.39 is 43.0 Å². The van der Waals surface area contributed by atoms with Crippen LogP contribution >= 0.6 is 23.4 Å². The van der Waals surface area contributed by atoms with E-state index in [9.17, 15) is 17.6 Å². The van der Waals surface area contributed by atoms with E-state index in [1.807, 2.05) is 23.7 Å². The first kappa shape index (κ1) is 29.6. The van der Waals surface area contributed by atoms with Gasteiger partial charge in [0, 0.05) is 16.7 Å². The Kier molecular flexibility index (Phi) is 10.2. The predicted molar refractivity (Wildman–Crippen MR) is 141 cm³/mol. The lowest BCUT2D eigenvalue weighted by Gasteiger charge is -2.29. The molecule has 1 saturated carbocycles. The quantitative estimate of drug-likeness (QED) is 0.276.